The van der Waals surface area contributed by atoms with Crippen LogP contribution in [0.5, 0.6) is 5.75 Å². The number of hydrogen-bond donors (Lipinski definition) is 2. The number of anilines is 2. The number of benzene rings is 1. The van der Waals surface area contributed by atoms with Gasteiger partial charge in [0.2, 0.25) is 0 Å². The predicted molar refractivity (Wildman–Crippen MR) is 117 cm³/mol. The van der Waals surface area contributed by atoms with Gasteiger partial charge in [0.1, 0.15) is 12.4 Å². The van der Waals surface area contributed by atoms with Crippen molar-refractivity contribution in [3.63, 3.8) is 0 Å². The number of aromatic nitrogens is 2. The zero-order chi connectivity index (χ0) is 22.2. The Kier molecular flexibility index (Phi) is 6.95. The van der Waals surface area contributed by atoms with Gasteiger partial charge >= 0.3 is 0 Å². The van der Waals surface area contributed by atoms with Gasteiger partial charge in [-0.2, -0.15) is 0 Å². The van der Waals surface area contributed by atoms with E-state index in [1.807, 2.05) is 12.1 Å². The van der Waals surface area contributed by atoms with Crippen LogP contribution in [-0.4, -0.2) is 16.0 Å². The van der Waals surface area contributed by atoms with E-state index in [1.54, 1.807) is 37.4 Å². The molecule has 1 amide bonds. The average molecular weight is 420 g/mol. The second kappa shape index (κ2) is 10.0. The van der Waals surface area contributed by atoms with Crippen LogP contribution >= 0.6 is 0 Å². The molecule has 0 atom stereocenters. The van der Waals surface area contributed by atoms with Gasteiger partial charge in [0.05, 0.1) is 0 Å². The van der Waals surface area contributed by atoms with E-state index in [4.69, 9.17) is 15.0 Å². The molecular formula is C23H21FN4O3. The molecule has 7 nitrogen and oxygen atoms in total. The Labute approximate surface area is 178 Å². The Morgan fingerprint density at radius 2 is 2.10 bits per heavy atom. The lowest BCUT2D eigenvalue weighted by atomic mass is 10.1. The Balaban J connectivity index is 1.71. The molecule has 0 aliphatic heterocycles. The zero-order valence-corrected chi connectivity index (χ0v) is 16.8. The van der Waals surface area contributed by atoms with Gasteiger partial charge in [0.25, 0.3) is 5.91 Å². The van der Waals surface area contributed by atoms with Gasteiger partial charge in [-0.25, -0.2) is 9.37 Å². The maximum absolute atomic E-state index is 13.2. The van der Waals surface area contributed by atoms with Crippen LogP contribution in [-0.2, 0) is 6.61 Å². The average Bonchev–Trinajstić information content (AvgIpc) is 3.28. The van der Waals surface area contributed by atoms with Crippen molar-refractivity contribution in [2.24, 2.45) is 0 Å². The lowest BCUT2D eigenvalue weighted by molar-refractivity contribution is 0.101. The van der Waals surface area contributed by atoms with E-state index >= 15 is 0 Å². The molecule has 3 rings (SSSR count). The summed E-state index contributed by atoms with van der Waals surface area (Å²) in [4.78, 5) is 16.6. The molecule has 0 fully saturated rings. The summed E-state index contributed by atoms with van der Waals surface area (Å²) in [6, 6.07) is 12.1. The number of nitrogens with two attached hydrogens (primary N) is 1. The highest BCUT2D eigenvalue weighted by Crippen LogP contribution is 2.23. The molecule has 0 saturated heterocycles. The van der Waals surface area contributed by atoms with Crippen LogP contribution in [0.25, 0.3) is 5.57 Å². The van der Waals surface area contributed by atoms with Crippen LogP contribution in [0.2, 0.25) is 0 Å². The predicted octanol–water partition coefficient (Wildman–Crippen LogP) is 4.93. The Morgan fingerprint density at radius 1 is 1.29 bits per heavy atom. The number of nitrogens with zero attached hydrogens (tertiary/aromatic N) is 2. The maximum atomic E-state index is 13.2. The van der Waals surface area contributed by atoms with Crippen LogP contribution in [0.4, 0.5) is 15.9 Å². The normalized spacial score (nSPS) is 11.8. The number of para-hydroxylation sites is 1. The number of nitrogen functional groups attached to an aromatic ring is 1. The van der Waals surface area contributed by atoms with Gasteiger partial charge in [-0.3, -0.25) is 4.79 Å². The Morgan fingerprint density at radius 3 is 2.87 bits per heavy atom. The van der Waals surface area contributed by atoms with E-state index in [0.717, 1.165) is 11.6 Å². The quantitative estimate of drug-likeness (QED) is 0.501. The number of carbonyl (C=O) groups excluding carboxylic acids is 1. The monoisotopic (exact) mass is 420 g/mol. The third-order valence-electron chi connectivity index (χ3n) is 4.27. The molecule has 0 radical (unpaired) electrons. The smallest absolute Gasteiger partial charge is 0.277 e. The summed E-state index contributed by atoms with van der Waals surface area (Å²) < 4.78 is 24.1. The molecule has 0 spiro atoms. The second-order valence-electron chi connectivity index (χ2n) is 6.47. The van der Waals surface area contributed by atoms with Crippen molar-refractivity contribution in [2.45, 2.75) is 13.5 Å². The summed E-state index contributed by atoms with van der Waals surface area (Å²) in [7, 11) is 0. The molecule has 0 aliphatic rings. The van der Waals surface area contributed by atoms with Gasteiger partial charge in [-0.1, -0.05) is 36.0 Å². The lowest BCUT2D eigenvalue weighted by Gasteiger charge is -2.12. The molecule has 0 saturated carbocycles. The molecule has 0 unspecified atom stereocenters. The minimum Gasteiger partial charge on any atom is -0.485 e. The summed E-state index contributed by atoms with van der Waals surface area (Å²) in [5.74, 6) is 0.147. The number of allylic oxidation sites excluding steroid dienone is 5. The number of pyridine rings is 1. The molecule has 158 valence electrons. The number of carbonyl (C=O) groups is 1. The van der Waals surface area contributed by atoms with E-state index < -0.39 is 11.7 Å². The highest BCUT2D eigenvalue weighted by Gasteiger charge is 2.15. The van der Waals surface area contributed by atoms with Crippen molar-refractivity contribution in [1.82, 2.24) is 10.1 Å². The van der Waals surface area contributed by atoms with E-state index in [-0.39, 0.29) is 18.1 Å². The number of rotatable bonds is 8. The van der Waals surface area contributed by atoms with Crippen molar-refractivity contribution >= 4 is 23.0 Å². The first-order chi connectivity index (χ1) is 15.0. The van der Waals surface area contributed by atoms with Gasteiger partial charge in [-0.15, -0.1) is 0 Å². The maximum Gasteiger partial charge on any atom is 0.277 e. The number of halogens is 1. The van der Waals surface area contributed by atoms with Gasteiger partial charge < -0.3 is 20.3 Å². The Hall–Kier alpha value is -4.20. The van der Waals surface area contributed by atoms with Gasteiger partial charge in [0.15, 0.2) is 23.0 Å². The van der Waals surface area contributed by atoms with E-state index in [2.05, 4.69) is 22.0 Å². The van der Waals surface area contributed by atoms with Gasteiger partial charge in [0, 0.05) is 23.5 Å². The third kappa shape index (κ3) is 5.66. The first kappa shape index (κ1) is 21.5. The zero-order valence-electron chi connectivity index (χ0n) is 16.8. The topological polar surface area (TPSA) is 103 Å². The molecule has 3 N–H and O–H groups in total. The van der Waals surface area contributed by atoms with Gasteiger partial charge in [-0.05, 0) is 42.8 Å². The molecule has 0 aliphatic carbocycles. The summed E-state index contributed by atoms with van der Waals surface area (Å²) >= 11 is 0. The van der Waals surface area contributed by atoms with Crippen molar-refractivity contribution < 1.29 is 18.4 Å². The third-order valence-corrected chi connectivity index (χ3v) is 4.27. The SMILES string of the molecule is C=C/C(F)=C\C=C(/C)c1cc(C(=O)Nc2ccccc2COc2cccnc2N)no1. The first-order valence-corrected chi connectivity index (χ1v) is 9.34. The standard InChI is InChI=1S/C23H21FN4O3/c1-3-17(24)11-10-15(2)21-13-19(28-31-21)23(29)27-18-8-5-4-7-16(18)14-30-20-9-6-12-26-22(20)25/h3-13H,1,14H2,2H3,(H2,25,26)(H,27,29)/b15-10+,17-11+. The van der Waals surface area contributed by atoms with E-state index in [9.17, 15) is 9.18 Å². The molecule has 0 bridgehead atoms. The fraction of sp³-hybridized carbons (Fsp3) is 0.0870. The summed E-state index contributed by atoms with van der Waals surface area (Å²) in [5.41, 5.74) is 7.78. The lowest BCUT2D eigenvalue weighted by Crippen LogP contribution is -2.14. The number of nitrogens with one attached hydrogen (secondary N) is 1. The minimum atomic E-state index is -0.483. The first-order valence-electron chi connectivity index (χ1n) is 9.34. The fourth-order valence-corrected chi connectivity index (χ4v) is 2.56. The van der Waals surface area contributed by atoms with E-state index in [1.165, 1.54) is 18.2 Å². The molecule has 1 aromatic carbocycles. The van der Waals surface area contributed by atoms with Crippen LogP contribution < -0.4 is 15.8 Å². The number of amides is 1. The van der Waals surface area contributed by atoms with Crippen molar-refractivity contribution in [1.29, 1.82) is 0 Å². The molecule has 3 aromatic rings. The van der Waals surface area contributed by atoms with Crippen LogP contribution in [0, 0.1) is 0 Å². The van der Waals surface area contributed by atoms with Crippen molar-refractivity contribution in [3.8, 4) is 5.75 Å². The molecule has 2 aromatic heterocycles. The van der Waals surface area contributed by atoms with Crippen LogP contribution in [0.15, 0.2) is 83.8 Å². The largest absolute Gasteiger partial charge is 0.485 e. The Bertz CT molecular complexity index is 1150. The molecule has 31 heavy (non-hydrogen) atoms. The van der Waals surface area contributed by atoms with E-state index in [0.29, 0.717) is 22.8 Å². The number of hydrogen-bond acceptors (Lipinski definition) is 6. The van der Waals surface area contributed by atoms with Crippen LogP contribution in [0.1, 0.15) is 28.7 Å². The minimum absolute atomic E-state index is 0.0862. The fourth-order valence-electron chi connectivity index (χ4n) is 2.56. The summed E-state index contributed by atoms with van der Waals surface area (Å²) in [6.45, 7) is 5.23. The summed E-state index contributed by atoms with van der Waals surface area (Å²) in [5, 5.41) is 6.59. The number of ether oxygens (including phenoxy) is 1. The van der Waals surface area contributed by atoms with Crippen molar-refractivity contribution in [2.75, 3.05) is 11.1 Å². The highest BCUT2D eigenvalue weighted by atomic mass is 19.1. The molecule has 8 heteroatoms. The second-order valence-corrected chi connectivity index (χ2v) is 6.47. The molecular weight excluding hydrogens is 399 g/mol. The molecule has 2 heterocycles. The van der Waals surface area contributed by atoms with Crippen molar-refractivity contribution in [3.05, 3.63) is 96.3 Å². The highest BCUT2D eigenvalue weighted by molar-refractivity contribution is 6.03. The summed E-state index contributed by atoms with van der Waals surface area (Å²) in [6.07, 6.45) is 5.42. The van der Waals surface area contributed by atoms with Crippen LogP contribution in [0.3, 0.4) is 0 Å².